The number of alkyl halides is 1. The summed E-state index contributed by atoms with van der Waals surface area (Å²) in [7, 11) is 0. The van der Waals surface area contributed by atoms with E-state index in [1.54, 1.807) is 24.3 Å². The van der Waals surface area contributed by atoms with Gasteiger partial charge in [-0.05, 0) is 67.0 Å². The maximum atomic E-state index is 15.9. The molecule has 2 N–H and O–H groups in total. The minimum absolute atomic E-state index is 0.110. The molecule has 3 aliphatic rings. The van der Waals surface area contributed by atoms with Crippen molar-refractivity contribution in [3.05, 3.63) is 76.4 Å². The van der Waals surface area contributed by atoms with E-state index < -0.39 is 5.67 Å². The molecule has 5 rings (SSSR count). The maximum absolute atomic E-state index is 15.9. The smallest absolute Gasteiger partial charge is 0.144 e. The number of nitriles is 1. The summed E-state index contributed by atoms with van der Waals surface area (Å²) in [5.74, 6) is 1.52. The summed E-state index contributed by atoms with van der Waals surface area (Å²) in [5, 5.41) is 9.06. The maximum Gasteiger partial charge on any atom is 0.144 e. The normalized spacial score (nSPS) is 21.1. The predicted molar refractivity (Wildman–Crippen MR) is 148 cm³/mol. The van der Waals surface area contributed by atoms with Gasteiger partial charge in [0.15, 0.2) is 0 Å². The van der Waals surface area contributed by atoms with Crippen molar-refractivity contribution in [1.82, 2.24) is 15.8 Å². The number of aliphatic imine (C=N–C) groups is 1. The van der Waals surface area contributed by atoms with E-state index in [2.05, 4.69) is 54.4 Å². The Hall–Kier alpha value is -3.17. The average molecular weight is 500 g/mol. The molecule has 2 aromatic carbocycles. The van der Waals surface area contributed by atoms with Crippen LogP contribution in [0.3, 0.4) is 0 Å². The van der Waals surface area contributed by atoms with Crippen molar-refractivity contribution in [2.75, 3.05) is 13.1 Å². The van der Waals surface area contributed by atoms with Gasteiger partial charge in [-0.1, -0.05) is 51.0 Å². The highest BCUT2D eigenvalue weighted by molar-refractivity contribution is 6.01. The molecule has 2 aliphatic heterocycles. The molecule has 0 radical (unpaired) electrons. The fourth-order valence-electron chi connectivity index (χ4n) is 5.78. The minimum Gasteiger partial charge on any atom is -0.371 e. The molecule has 2 aromatic rings. The van der Waals surface area contributed by atoms with Crippen molar-refractivity contribution in [3.8, 4) is 6.07 Å². The highest BCUT2D eigenvalue weighted by Gasteiger charge is 2.37. The Bertz CT molecular complexity index is 1210. The Morgan fingerprint density at radius 1 is 1.22 bits per heavy atom. The van der Waals surface area contributed by atoms with Crippen LogP contribution in [0.2, 0.25) is 0 Å². The highest BCUT2D eigenvalue weighted by Crippen LogP contribution is 2.42. The van der Waals surface area contributed by atoms with Gasteiger partial charge in [0.25, 0.3) is 0 Å². The number of hydrogen-bond acceptors (Lipinski definition) is 5. The molecule has 0 bridgehead atoms. The quantitative estimate of drug-likeness (QED) is 0.439. The number of piperidine rings is 1. The van der Waals surface area contributed by atoms with E-state index in [4.69, 9.17) is 10.3 Å². The molecule has 5 nitrogen and oxygen atoms in total. The first kappa shape index (κ1) is 25.5. The summed E-state index contributed by atoms with van der Waals surface area (Å²) < 4.78 is 15.9. The predicted octanol–water partition coefficient (Wildman–Crippen LogP) is 6.44. The zero-order valence-corrected chi connectivity index (χ0v) is 22.1. The molecule has 1 saturated heterocycles. The number of halogens is 1. The number of benzene rings is 2. The second kappa shape index (κ2) is 10.7. The fourth-order valence-corrected chi connectivity index (χ4v) is 5.78. The van der Waals surface area contributed by atoms with E-state index in [0.29, 0.717) is 43.0 Å². The average Bonchev–Trinajstić information content (AvgIpc) is 3.35. The standard InChI is InChI=1S/C31H38FN5/c1-4-5-9-29-34-30(36-35-29)28-19-26(21(2)18-27(28)24-7-6-8-24)22(3)37-16-14-31(32,15-17-37)25-12-10-23(20-33)11-13-25/h10-13,18-19,24,29,35H,3-9,14-17H2,1-2H3,(H,34,36). The van der Waals surface area contributed by atoms with E-state index in [0.717, 1.165) is 36.4 Å². The first-order valence-corrected chi connectivity index (χ1v) is 13.8. The molecule has 1 unspecified atom stereocenters. The number of amidine groups is 1. The summed E-state index contributed by atoms with van der Waals surface area (Å²) in [6.45, 7) is 10.1. The van der Waals surface area contributed by atoms with Gasteiger partial charge in [0.1, 0.15) is 17.7 Å². The van der Waals surface area contributed by atoms with Crippen LogP contribution in [-0.4, -0.2) is 30.0 Å². The van der Waals surface area contributed by atoms with Gasteiger partial charge in [-0.15, -0.1) is 0 Å². The number of hydrogen-bond donors (Lipinski definition) is 2. The van der Waals surface area contributed by atoms with E-state index >= 15 is 4.39 Å². The molecular formula is C31H38FN5. The first-order chi connectivity index (χ1) is 17.9. The molecule has 1 atom stereocenters. The lowest BCUT2D eigenvalue weighted by Crippen LogP contribution is -2.39. The molecule has 2 fully saturated rings. The molecule has 1 aliphatic carbocycles. The van der Waals surface area contributed by atoms with Crippen molar-refractivity contribution in [1.29, 1.82) is 5.26 Å². The topological polar surface area (TPSA) is 63.5 Å². The molecule has 6 heteroatoms. The fraction of sp³-hybridized carbons (Fsp3) is 0.484. The molecule has 2 heterocycles. The lowest BCUT2D eigenvalue weighted by atomic mass is 9.76. The third kappa shape index (κ3) is 5.15. The van der Waals surface area contributed by atoms with Gasteiger partial charge in [0, 0.05) is 42.8 Å². The van der Waals surface area contributed by atoms with Gasteiger partial charge < -0.3 is 10.3 Å². The SMILES string of the molecule is C=C(c1cc(C2=NC(CCCC)NN2)c(C2CCC2)cc1C)N1CCC(F)(c2ccc(C#N)cc2)CC1. The van der Waals surface area contributed by atoms with Crippen molar-refractivity contribution in [2.24, 2.45) is 4.99 Å². The summed E-state index contributed by atoms with van der Waals surface area (Å²) in [4.78, 5) is 7.21. The number of nitrogens with zero attached hydrogens (tertiary/aromatic N) is 3. The highest BCUT2D eigenvalue weighted by atomic mass is 19.1. The van der Waals surface area contributed by atoms with Crippen LogP contribution in [-0.2, 0) is 5.67 Å². The third-order valence-corrected chi connectivity index (χ3v) is 8.45. The second-order valence-corrected chi connectivity index (χ2v) is 10.9. The molecule has 37 heavy (non-hydrogen) atoms. The van der Waals surface area contributed by atoms with E-state index in [1.807, 2.05) is 0 Å². The largest absolute Gasteiger partial charge is 0.371 e. The first-order valence-electron chi connectivity index (χ1n) is 13.8. The van der Waals surface area contributed by atoms with Crippen molar-refractivity contribution in [3.63, 3.8) is 0 Å². The number of rotatable bonds is 8. The van der Waals surface area contributed by atoms with E-state index in [1.165, 1.54) is 36.0 Å². The van der Waals surface area contributed by atoms with Crippen molar-refractivity contribution in [2.45, 2.75) is 83.0 Å². The summed E-state index contributed by atoms with van der Waals surface area (Å²) >= 11 is 0. The summed E-state index contributed by atoms with van der Waals surface area (Å²) in [5.41, 5.74) is 12.4. The van der Waals surface area contributed by atoms with Crippen LogP contribution in [0.4, 0.5) is 4.39 Å². The van der Waals surface area contributed by atoms with Crippen LogP contribution in [0.1, 0.15) is 97.6 Å². The van der Waals surface area contributed by atoms with Crippen molar-refractivity contribution < 1.29 is 4.39 Å². The lowest BCUT2D eigenvalue weighted by Gasteiger charge is -2.39. The van der Waals surface area contributed by atoms with Gasteiger partial charge in [-0.2, -0.15) is 5.26 Å². The van der Waals surface area contributed by atoms with E-state index in [9.17, 15) is 0 Å². The summed E-state index contributed by atoms with van der Waals surface area (Å²) in [6.07, 6.45) is 7.99. The van der Waals surface area contributed by atoms with Gasteiger partial charge in [0.2, 0.25) is 0 Å². The van der Waals surface area contributed by atoms with Crippen LogP contribution >= 0.6 is 0 Å². The van der Waals surface area contributed by atoms with Crippen LogP contribution in [0.5, 0.6) is 0 Å². The molecule has 0 amide bonds. The van der Waals surface area contributed by atoms with Gasteiger partial charge >= 0.3 is 0 Å². The van der Waals surface area contributed by atoms with Gasteiger partial charge in [-0.25, -0.2) is 14.8 Å². The second-order valence-electron chi connectivity index (χ2n) is 10.9. The Morgan fingerprint density at radius 2 is 1.95 bits per heavy atom. The van der Waals surface area contributed by atoms with Gasteiger partial charge in [-0.3, -0.25) is 0 Å². The summed E-state index contributed by atoms with van der Waals surface area (Å²) in [6, 6.07) is 13.6. The minimum atomic E-state index is -1.37. The van der Waals surface area contributed by atoms with Crippen molar-refractivity contribution >= 4 is 11.5 Å². The molecular weight excluding hydrogens is 461 g/mol. The van der Waals surface area contributed by atoms with Crippen LogP contribution < -0.4 is 10.9 Å². The lowest BCUT2D eigenvalue weighted by molar-refractivity contribution is 0.0794. The number of nitrogens with one attached hydrogen (secondary N) is 2. The molecule has 0 aromatic heterocycles. The van der Waals surface area contributed by atoms with Crippen LogP contribution in [0.25, 0.3) is 5.70 Å². The van der Waals surface area contributed by atoms with E-state index in [-0.39, 0.29) is 6.17 Å². The molecule has 0 spiro atoms. The monoisotopic (exact) mass is 499 g/mol. The van der Waals surface area contributed by atoms with Gasteiger partial charge in [0.05, 0.1) is 11.6 Å². The molecule has 194 valence electrons. The Kier molecular flexibility index (Phi) is 7.35. The Balaban J connectivity index is 1.36. The van der Waals surface area contributed by atoms with Crippen LogP contribution in [0, 0.1) is 18.3 Å². The number of unbranched alkanes of at least 4 members (excludes halogenated alkanes) is 1. The number of likely N-dealkylation sites (tertiary alicyclic amines) is 1. The molecule has 1 saturated carbocycles. The van der Waals surface area contributed by atoms with Crippen LogP contribution in [0.15, 0.2) is 48.0 Å². The Morgan fingerprint density at radius 3 is 2.57 bits per heavy atom. The third-order valence-electron chi connectivity index (χ3n) is 8.45. The number of hydrazine groups is 1. The zero-order chi connectivity index (χ0) is 26.0. The zero-order valence-electron chi connectivity index (χ0n) is 22.1. The number of aryl methyl sites for hydroxylation is 1. The Labute approximate surface area is 220 Å².